The molecule has 5 nitrogen and oxygen atoms in total. The maximum Gasteiger partial charge on any atom is 0.255 e. The van der Waals surface area contributed by atoms with E-state index < -0.39 is 0 Å². The number of amides is 2. The summed E-state index contributed by atoms with van der Waals surface area (Å²) in [6.45, 7) is 1.27. The molecule has 1 fully saturated rings. The number of nitrogens with zero attached hydrogens (tertiary/aromatic N) is 2. The molecule has 0 spiro atoms. The molecule has 1 saturated carbocycles. The highest BCUT2D eigenvalue weighted by Crippen LogP contribution is 2.31. The topological polar surface area (TPSA) is 62.3 Å². The number of aromatic nitrogens is 1. The van der Waals surface area contributed by atoms with Crippen LogP contribution in [0.5, 0.6) is 0 Å². The predicted molar refractivity (Wildman–Crippen MR) is 90.8 cm³/mol. The van der Waals surface area contributed by atoms with Gasteiger partial charge in [-0.1, -0.05) is 17.8 Å². The first kappa shape index (κ1) is 14.8. The summed E-state index contributed by atoms with van der Waals surface area (Å²) in [7, 11) is 0. The minimum absolute atomic E-state index is 0.0744. The van der Waals surface area contributed by atoms with Crippen LogP contribution in [0.1, 0.15) is 40.2 Å². The molecule has 0 saturated heterocycles. The van der Waals surface area contributed by atoms with Crippen LogP contribution >= 0.6 is 22.7 Å². The number of thiazole rings is 1. The molecule has 2 aromatic rings. The zero-order valence-electron chi connectivity index (χ0n) is 12.6. The molecule has 0 atom stereocenters. The number of hydrogen-bond donors (Lipinski definition) is 1. The molecule has 1 aliphatic heterocycles. The quantitative estimate of drug-likeness (QED) is 0.928. The highest BCUT2D eigenvalue weighted by Gasteiger charge is 2.28. The van der Waals surface area contributed by atoms with Gasteiger partial charge in [0.25, 0.3) is 5.91 Å². The number of carbonyl (C=O) groups excluding carboxylic acids is 2. The molecule has 7 heteroatoms. The van der Waals surface area contributed by atoms with Gasteiger partial charge < -0.3 is 10.2 Å². The Bertz CT molecular complexity index is 735. The standard InChI is InChI=1S/C16H17N3O2S2/c20-14(10-2-1-3-10)18-16-17-12-4-6-19(8-13(12)23-16)15(21)11-5-7-22-9-11/h5,7,9-10H,1-4,6,8H2,(H,17,18,20). The Morgan fingerprint density at radius 1 is 1.35 bits per heavy atom. The molecular weight excluding hydrogens is 330 g/mol. The van der Waals surface area contributed by atoms with Gasteiger partial charge in [0.05, 0.1) is 17.8 Å². The highest BCUT2D eigenvalue weighted by atomic mass is 32.1. The fourth-order valence-electron chi connectivity index (χ4n) is 2.87. The minimum Gasteiger partial charge on any atom is -0.333 e. The van der Waals surface area contributed by atoms with E-state index in [1.807, 2.05) is 21.7 Å². The average molecular weight is 347 g/mol. The van der Waals surface area contributed by atoms with Crippen LogP contribution in [0.2, 0.25) is 0 Å². The second-order valence-electron chi connectivity index (χ2n) is 5.99. The van der Waals surface area contributed by atoms with Crippen molar-refractivity contribution in [3.8, 4) is 0 Å². The van der Waals surface area contributed by atoms with Crippen LogP contribution in [0.3, 0.4) is 0 Å². The van der Waals surface area contributed by atoms with Gasteiger partial charge in [0, 0.05) is 29.1 Å². The summed E-state index contributed by atoms with van der Waals surface area (Å²) >= 11 is 3.03. The molecule has 1 aliphatic carbocycles. The van der Waals surface area contributed by atoms with E-state index in [1.54, 1.807) is 0 Å². The van der Waals surface area contributed by atoms with Gasteiger partial charge >= 0.3 is 0 Å². The molecular formula is C16H17N3O2S2. The molecule has 120 valence electrons. The number of rotatable bonds is 3. The Labute approximate surface area is 142 Å². The number of fused-ring (bicyclic) bond motifs is 1. The molecule has 3 heterocycles. The van der Waals surface area contributed by atoms with Crippen LogP contribution in [0.4, 0.5) is 5.13 Å². The number of thiophene rings is 1. The SMILES string of the molecule is O=C(Nc1nc2c(s1)CN(C(=O)c1ccsc1)CC2)C1CCC1. The molecule has 0 radical (unpaired) electrons. The van der Waals surface area contributed by atoms with Crippen molar-refractivity contribution in [1.29, 1.82) is 0 Å². The first-order valence-electron chi connectivity index (χ1n) is 7.81. The summed E-state index contributed by atoms with van der Waals surface area (Å²) in [5, 5.41) is 7.42. The van der Waals surface area contributed by atoms with Gasteiger partial charge in [-0.25, -0.2) is 4.98 Å². The molecule has 0 bridgehead atoms. The number of carbonyl (C=O) groups is 2. The zero-order chi connectivity index (χ0) is 15.8. The Morgan fingerprint density at radius 2 is 2.22 bits per heavy atom. The zero-order valence-corrected chi connectivity index (χ0v) is 14.2. The van der Waals surface area contributed by atoms with Crippen LogP contribution < -0.4 is 5.32 Å². The van der Waals surface area contributed by atoms with Gasteiger partial charge in [-0.05, 0) is 24.3 Å². The maximum atomic E-state index is 12.4. The predicted octanol–water partition coefficient (Wildman–Crippen LogP) is 3.14. The molecule has 2 amide bonds. The van der Waals surface area contributed by atoms with Crippen molar-refractivity contribution in [3.05, 3.63) is 33.0 Å². The summed E-state index contributed by atoms with van der Waals surface area (Å²) in [5.74, 6) is 0.325. The Hall–Kier alpha value is -1.73. The lowest BCUT2D eigenvalue weighted by Crippen LogP contribution is -2.35. The van der Waals surface area contributed by atoms with E-state index in [9.17, 15) is 9.59 Å². The number of nitrogens with one attached hydrogen (secondary N) is 1. The Kier molecular flexibility index (Phi) is 3.90. The van der Waals surface area contributed by atoms with Crippen molar-refractivity contribution in [2.75, 3.05) is 11.9 Å². The third-order valence-corrected chi connectivity index (χ3v) is 6.17. The average Bonchev–Trinajstić information content (AvgIpc) is 3.12. The third kappa shape index (κ3) is 2.90. The molecule has 4 rings (SSSR count). The van der Waals surface area contributed by atoms with E-state index in [0.29, 0.717) is 18.2 Å². The fourth-order valence-corrected chi connectivity index (χ4v) is 4.53. The third-order valence-electron chi connectivity index (χ3n) is 4.49. The van der Waals surface area contributed by atoms with E-state index in [4.69, 9.17) is 0 Å². The van der Waals surface area contributed by atoms with E-state index in [2.05, 4.69) is 10.3 Å². The van der Waals surface area contributed by atoms with Crippen LogP contribution in [0, 0.1) is 5.92 Å². The molecule has 0 unspecified atom stereocenters. The smallest absolute Gasteiger partial charge is 0.255 e. The van der Waals surface area contributed by atoms with Gasteiger partial charge in [0.1, 0.15) is 0 Å². The summed E-state index contributed by atoms with van der Waals surface area (Å²) in [4.78, 5) is 32.0. The summed E-state index contributed by atoms with van der Waals surface area (Å²) in [5.41, 5.74) is 1.77. The van der Waals surface area contributed by atoms with E-state index in [1.165, 1.54) is 22.7 Å². The largest absolute Gasteiger partial charge is 0.333 e. The minimum atomic E-state index is 0.0744. The van der Waals surface area contributed by atoms with Crippen molar-refractivity contribution < 1.29 is 9.59 Å². The van der Waals surface area contributed by atoms with Gasteiger partial charge in [-0.2, -0.15) is 11.3 Å². The van der Waals surface area contributed by atoms with Crippen LogP contribution in [0.25, 0.3) is 0 Å². The highest BCUT2D eigenvalue weighted by molar-refractivity contribution is 7.15. The van der Waals surface area contributed by atoms with Crippen molar-refractivity contribution in [2.45, 2.75) is 32.2 Å². The van der Waals surface area contributed by atoms with Gasteiger partial charge in [0.15, 0.2) is 5.13 Å². The monoisotopic (exact) mass is 347 g/mol. The lowest BCUT2D eigenvalue weighted by Gasteiger charge is -2.25. The van der Waals surface area contributed by atoms with Crippen molar-refractivity contribution in [1.82, 2.24) is 9.88 Å². The normalized spacial score (nSPS) is 17.5. The van der Waals surface area contributed by atoms with E-state index in [-0.39, 0.29) is 17.7 Å². The van der Waals surface area contributed by atoms with Crippen LogP contribution in [-0.4, -0.2) is 28.2 Å². The Balaban J connectivity index is 1.45. The molecule has 2 aliphatic rings. The van der Waals surface area contributed by atoms with Gasteiger partial charge in [-0.3, -0.25) is 9.59 Å². The summed E-state index contributed by atoms with van der Waals surface area (Å²) in [6.07, 6.45) is 3.87. The van der Waals surface area contributed by atoms with E-state index >= 15 is 0 Å². The maximum absolute atomic E-state index is 12.4. The van der Waals surface area contributed by atoms with Crippen molar-refractivity contribution >= 4 is 39.6 Å². The number of anilines is 1. The lowest BCUT2D eigenvalue weighted by molar-refractivity contribution is -0.122. The molecule has 0 aromatic carbocycles. The van der Waals surface area contributed by atoms with Gasteiger partial charge in [0.2, 0.25) is 5.91 Å². The first-order valence-corrected chi connectivity index (χ1v) is 9.57. The second kappa shape index (κ2) is 6.05. The molecule has 23 heavy (non-hydrogen) atoms. The first-order chi connectivity index (χ1) is 11.2. The fraction of sp³-hybridized carbons (Fsp3) is 0.438. The van der Waals surface area contributed by atoms with Crippen molar-refractivity contribution in [3.63, 3.8) is 0 Å². The molecule has 2 aromatic heterocycles. The van der Waals surface area contributed by atoms with Crippen LogP contribution in [-0.2, 0) is 17.8 Å². The lowest BCUT2D eigenvalue weighted by atomic mass is 9.85. The van der Waals surface area contributed by atoms with Crippen LogP contribution in [0.15, 0.2) is 16.8 Å². The van der Waals surface area contributed by atoms with Gasteiger partial charge in [-0.15, -0.1) is 0 Å². The Morgan fingerprint density at radius 3 is 2.91 bits per heavy atom. The summed E-state index contributed by atoms with van der Waals surface area (Å²) < 4.78 is 0. The summed E-state index contributed by atoms with van der Waals surface area (Å²) in [6, 6.07) is 1.86. The van der Waals surface area contributed by atoms with E-state index in [0.717, 1.165) is 41.8 Å². The van der Waals surface area contributed by atoms with Crippen molar-refractivity contribution in [2.24, 2.45) is 5.92 Å². The number of hydrogen-bond acceptors (Lipinski definition) is 5. The molecule has 1 N–H and O–H groups in total. The second-order valence-corrected chi connectivity index (χ2v) is 7.86.